The topological polar surface area (TPSA) is 113 Å². The van der Waals surface area contributed by atoms with Crippen molar-refractivity contribution in [3.63, 3.8) is 0 Å². The van der Waals surface area contributed by atoms with Crippen molar-refractivity contribution in [2.45, 2.75) is 4.90 Å². The fourth-order valence-corrected chi connectivity index (χ4v) is 3.87. The first-order chi connectivity index (χ1) is 9.01. The van der Waals surface area contributed by atoms with E-state index in [9.17, 15) is 8.42 Å². The molecule has 0 aliphatic heterocycles. The summed E-state index contributed by atoms with van der Waals surface area (Å²) in [4.78, 5) is 0.140. The normalized spacial score (nSPS) is 12.6. The highest BCUT2D eigenvalue weighted by atomic mass is 32.2. The Kier molecular flexibility index (Phi) is 6.13. The van der Waals surface area contributed by atoms with Crippen LogP contribution < -0.4 is 5.73 Å². The third kappa shape index (κ3) is 4.73. The minimum absolute atomic E-state index is 0.0166. The number of thioether (sulfide) groups is 1. The van der Waals surface area contributed by atoms with Gasteiger partial charge in [-0.15, -0.1) is 0 Å². The van der Waals surface area contributed by atoms with Gasteiger partial charge in [0.15, 0.2) is 15.7 Å². The maximum Gasteiger partial charge on any atom is 0.179 e. The second-order valence-corrected chi connectivity index (χ2v) is 7.00. The highest BCUT2D eigenvalue weighted by molar-refractivity contribution is 8.00. The van der Waals surface area contributed by atoms with Gasteiger partial charge in [0.1, 0.15) is 0 Å². The summed E-state index contributed by atoms with van der Waals surface area (Å²) in [7, 11) is -3.40. The van der Waals surface area contributed by atoms with Crippen molar-refractivity contribution in [1.29, 1.82) is 0 Å². The Bertz CT molecular complexity index is 543. The van der Waals surface area contributed by atoms with E-state index in [1.807, 2.05) is 0 Å². The number of aliphatic hydroxyl groups excluding tert-OH is 1. The van der Waals surface area contributed by atoms with Gasteiger partial charge in [0, 0.05) is 17.1 Å². The van der Waals surface area contributed by atoms with Gasteiger partial charge in [0.2, 0.25) is 0 Å². The third-order valence-electron chi connectivity index (χ3n) is 2.33. The Morgan fingerprint density at radius 3 is 2.74 bits per heavy atom. The largest absolute Gasteiger partial charge is 0.409 e. The standard InChI is InChI=1S/C11H16N2O4S2/c12-11(13-15)9-2-1-3-10(8-9)19(16,17)7-6-18-5-4-14/h1-3,8,14-15H,4-7H2,(H2,12,13). The van der Waals surface area contributed by atoms with Crippen LogP contribution in [0.2, 0.25) is 0 Å². The molecule has 0 radical (unpaired) electrons. The first kappa shape index (κ1) is 15.8. The van der Waals surface area contributed by atoms with Crippen LogP contribution >= 0.6 is 11.8 Å². The molecule has 0 aliphatic rings. The lowest BCUT2D eigenvalue weighted by Crippen LogP contribution is -2.15. The average Bonchev–Trinajstić information content (AvgIpc) is 2.43. The van der Waals surface area contributed by atoms with Crippen molar-refractivity contribution in [3.05, 3.63) is 29.8 Å². The number of hydrogen-bond acceptors (Lipinski definition) is 6. The molecule has 8 heteroatoms. The Morgan fingerprint density at radius 2 is 2.11 bits per heavy atom. The van der Waals surface area contributed by atoms with E-state index in [0.29, 0.717) is 17.1 Å². The van der Waals surface area contributed by atoms with E-state index < -0.39 is 9.84 Å². The summed E-state index contributed by atoms with van der Waals surface area (Å²) < 4.78 is 24.1. The van der Waals surface area contributed by atoms with Crippen molar-refractivity contribution in [3.8, 4) is 0 Å². The fraction of sp³-hybridized carbons (Fsp3) is 0.364. The minimum Gasteiger partial charge on any atom is -0.409 e. The number of amidine groups is 1. The van der Waals surface area contributed by atoms with Crippen LogP contribution in [0.4, 0.5) is 0 Å². The summed E-state index contributed by atoms with van der Waals surface area (Å²) in [5.74, 6) is 0.778. The van der Waals surface area contributed by atoms with Gasteiger partial charge in [-0.25, -0.2) is 8.42 Å². The Labute approximate surface area is 116 Å². The molecule has 0 saturated heterocycles. The summed E-state index contributed by atoms with van der Waals surface area (Å²) in [6.07, 6.45) is 0. The molecule has 0 aromatic heterocycles. The maximum absolute atomic E-state index is 12.0. The predicted octanol–water partition coefficient (Wildman–Crippen LogP) is 0.280. The minimum atomic E-state index is -3.40. The summed E-state index contributed by atoms with van der Waals surface area (Å²) in [5.41, 5.74) is 5.77. The second-order valence-electron chi connectivity index (χ2n) is 3.67. The SMILES string of the molecule is N/C(=N/O)c1cccc(S(=O)(=O)CCSCCO)c1. The highest BCUT2D eigenvalue weighted by Gasteiger charge is 2.15. The molecule has 0 saturated carbocycles. The number of benzene rings is 1. The molecule has 1 rings (SSSR count). The molecule has 0 spiro atoms. The van der Waals surface area contributed by atoms with Gasteiger partial charge in [-0.3, -0.25) is 0 Å². The highest BCUT2D eigenvalue weighted by Crippen LogP contribution is 2.15. The smallest absolute Gasteiger partial charge is 0.179 e. The second kappa shape index (κ2) is 7.37. The molecule has 0 atom stereocenters. The Morgan fingerprint density at radius 1 is 1.37 bits per heavy atom. The molecule has 1 aromatic carbocycles. The zero-order valence-electron chi connectivity index (χ0n) is 10.2. The van der Waals surface area contributed by atoms with E-state index >= 15 is 0 Å². The number of hydrogen-bond donors (Lipinski definition) is 3. The monoisotopic (exact) mass is 304 g/mol. The summed E-state index contributed by atoms with van der Waals surface area (Å²) in [6, 6.07) is 5.96. The van der Waals surface area contributed by atoms with E-state index in [2.05, 4.69) is 5.16 Å². The third-order valence-corrected chi connectivity index (χ3v) is 5.26. The van der Waals surface area contributed by atoms with Crippen LogP contribution in [0.3, 0.4) is 0 Å². The van der Waals surface area contributed by atoms with Gasteiger partial charge in [-0.2, -0.15) is 11.8 Å². The molecule has 0 fully saturated rings. The maximum atomic E-state index is 12.0. The number of aliphatic hydroxyl groups is 1. The lowest BCUT2D eigenvalue weighted by atomic mass is 10.2. The van der Waals surface area contributed by atoms with Crippen LogP contribution in [0, 0.1) is 0 Å². The first-order valence-corrected chi connectivity index (χ1v) is 8.31. The van der Waals surface area contributed by atoms with E-state index in [1.54, 1.807) is 12.1 Å². The number of sulfone groups is 1. The van der Waals surface area contributed by atoms with Crippen molar-refractivity contribution in [1.82, 2.24) is 0 Å². The summed E-state index contributed by atoms with van der Waals surface area (Å²) in [6.45, 7) is 0.0314. The molecule has 1 aromatic rings. The molecule has 6 nitrogen and oxygen atoms in total. The molecule has 0 heterocycles. The molecule has 0 amide bonds. The lowest BCUT2D eigenvalue weighted by Gasteiger charge is -2.06. The Balaban J connectivity index is 2.84. The van der Waals surface area contributed by atoms with Gasteiger partial charge < -0.3 is 16.0 Å². The van der Waals surface area contributed by atoms with Crippen LogP contribution in [-0.4, -0.2) is 48.4 Å². The van der Waals surface area contributed by atoms with Gasteiger partial charge >= 0.3 is 0 Å². The molecule has 0 bridgehead atoms. The van der Waals surface area contributed by atoms with Gasteiger partial charge in [0.25, 0.3) is 0 Å². The number of oxime groups is 1. The van der Waals surface area contributed by atoms with Gasteiger partial charge in [0.05, 0.1) is 17.3 Å². The van der Waals surface area contributed by atoms with Crippen molar-refractivity contribution in [2.75, 3.05) is 23.9 Å². The van der Waals surface area contributed by atoms with Crippen molar-refractivity contribution < 1.29 is 18.7 Å². The summed E-state index contributed by atoms with van der Waals surface area (Å²) >= 11 is 1.37. The van der Waals surface area contributed by atoms with E-state index in [1.165, 1.54) is 23.9 Å². The molecule has 106 valence electrons. The molecule has 19 heavy (non-hydrogen) atoms. The molecule has 0 unspecified atom stereocenters. The zero-order valence-corrected chi connectivity index (χ0v) is 11.8. The quantitative estimate of drug-likeness (QED) is 0.219. The van der Waals surface area contributed by atoms with Crippen molar-refractivity contribution >= 4 is 27.4 Å². The van der Waals surface area contributed by atoms with Crippen LogP contribution in [0.25, 0.3) is 0 Å². The van der Waals surface area contributed by atoms with Gasteiger partial charge in [-0.1, -0.05) is 17.3 Å². The fourth-order valence-electron chi connectivity index (χ4n) is 1.36. The van der Waals surface area contributed by atoms with Crippen LogP contribution in [-0.2, 0) is 9.84 Å². The zero-order chi connectivity index (χ0) is 14.3. The van der Waals surface area contributed by atoms with Crippen LogP contribution in [0.15, 0.2) is 34.3 Å². The van der Waals surface area contributed by atoms with E-state index in [-0.39, 0.29) is 23.1 Å². The first-order valence-electron chi connectivity index (χ1n) is 5.50. The van der Waals surface area contributed by atoms with Gasteiger partial charge in [-0.05, 0) is 12.1 Å². The van der Waals surface area contributed by atoms with E-state index in [0.717, 1.165) is 0 Å². The number of nitrogens with zero attached hydrogens (tertiary/aromatic N) is 1. The summed E-state index contributed by atoms with van der Waals surface area (Å²) in [5, 5.41) is 20.0. The van der Waals surface area contributed by atoms with Crippen LogP contribution in [0.1, 0.15) is 5.56 Å². The van der Waals surface area contributed by atoms with E-state index in [4.69, 9.17) is 16.0 Å². The molecule has 0 aliphatic carbocycles. The Hall–Kier alpha value is -1.25. The average molecular weight is 304 g/mol. The predicted molar refractivity (Wildman–Crippen MR) is 75.4 cm³/mol. The number of rotatable bonds is 7. The molecular formula is C11H16N2O4S2. The lowest BCUT2D eigenvalue weighted by molar-refractivity contribution is 0.318. The van der Waals surface area contributed by atoms with Crippen LogP contribution in [0.5, 0.6) is 0 Å². The molecular weight excluding hydrogens is 288 g/mol. The van der Waals surface area contributed by atoms with Crippen molar-refractivity contribution in [2.24, 2.45) is 10.9 Å². The molecule has 4 N–H and O–H groups in total. The number of nitrogens with two attached hydrogens (primary N) is 1.